The Morgan fingerprint density at radius 3 is 2.77 bits per heavy atom. The monoisotopic (exact) mass is 384 g/mol. The predicted molar refractivity (Wildman–Crippen MR) is 104 cm³/mol. The van der Waals surface area contributed by atoms with Crippen molar-refractivity contribution in [1.82, 2.24) is 15.5 Å². The van der Waals surface area contributed by atoms with Gasteiger partial charge in [-0.1, -0.05) is 23.7 Å². The van der Waals surface area contributed by atoms with Gasteiger partial charge in [-0.3, -0.25) is 9.89 Å². The first-order valence-corrected chi connectivity index (χ1v) is 9.91. The summed E-state index contributed by atoms with van der Waals surface area (Å²) in [6.07, 6.45) is 5.91. The van der Waals surface area contributed by atoms with Crippen molar-refractivity contribution in [3.63, 3.8) is 0 Å². The summed E-state index contributed by atoms with van der Waals surface area (Å²) >= 11 is 7.72. The van der Waals surface area contributed by atoms with Crippen LogP contribution in [0, 0.1) is 0 Å². The lowest BCUT2D eigenvalue weighted by Crippen LogP contribution is -2.38. The molecule has 3 aromatic rings. The van der Waals surface area contributed by atoms with Gasteiger partial charge in [-0.25, -0.2) is 0 Å². The van der Waals surface area contributed by atoms with Crippen LogP contribution >= 0.6 is 22.9 Å². The quantitative estimate of drug-likeness (QED) is 0.608. The van der Waals surface area contributed by atoms with Crippen LogP contribution in [0.15, 0.2) is 30.5 Å². The molecule has 5 nitrogen and oxygen atoms in total. The molecule has 2 aliphatic rings. The van der Waals surface area contributed by atoms with Gasteiger partial charge < -0.3 is 10.6 Å². The Labute approximate surface area is 159 Å². The second-order valence-electron chi connectivity index (χ2n) is 6.67. The smallest absolute Gasteiger partial charge is 0.256 e. The number of halogens is 1. The summed E-state index contributed by atoms with van der Waals surface area (Å²) < 4.78 is 0. The Morgan fingerprint density at radius 2 is 1.92 bits per heavy atom. The number of nitrogens with one attached hydrogen (secondary N) is 3. The third-order valence-electron chi connectivity index (χ3n) is 5.06. The average Bonchev–Trinajstić information content (AvgIpc) is 3.26. The minimum atomic E-state index is -0.306. The maximum absolute atomic E-state index is 12.8. The molecule has 0 bridgehead atoms. The summed E-state index contributed by atoms with van der Waals surface area (Å²) in [4.78, 5) is 14.2. The molecule has 3 N–H and O–H groups in total. The number of aryl methyl sites for hydroxylation is 1. The number of benzene rings is 1. The van der Waals surface area contributed by atoms with Crippen molar-refractivity contribution < 1.29 is 4.79 Å². The Kier molecular flexibility index (Phi) is 3.76. The Morgan fingerprint density at radius 1 is 1.12 bits per heavy atom. The fraction of sp³-hybridized carbons (Fsp3) is 0.263. The average molecular weight is 385 g/mol. The molecule has 1 aliphatic carbocycles. The molecule has 0 saturated carbocycles. The molecule has 1 amide bonds. The molecule has 26 heavy (non-hydrogen) atoms. The summed E-state index contributed by atoms with van der Waals surface area (Å²) in [6, 6.07) is 7.58. The van der Waals surface area contributed by atoms with E-state index in [0.29, 0.717) is 5.02 Å². The van der Waals surface area contributed by atoms with Crippen LogP contribution in [0.4, 0.5) is 5.00 Å². The zero-order chi connectivity index (χ0) is 17.7. The van der Waals surface area contributed by atoms with Crippen LogP contribution < -0.4 is 10.6 Å². The zero-order valence-corrected chi connectivity index (χ0v) is 15.5. The van der Waals surface area contributed by atoms with E-state index < -0.39 is 0 Å². The first kappa shape index (κ1) is 15.9. The minimum absolute atomic E-state index is 0.00593. The van der Waals surface area contributed by atoms with Crippen LogP contribution in [-0.2, 0) is 12.8 Å². The van der Waals surface area contributed by atoms with Gasteiger partial charge in [0.15, 0.2) is 0 Å². The van der Waals surface area contributed by atoms with Gasteiger partial charge in [0.1, 0.15) is 11.2 Å². The third kappa shape index (κ3) is 2.52. The SMILES string of the molecule is O=C1N[C@@H](c2cn[nH]c2-c2ccc(Cl)cc2)Nc2sc3c(c21)CCCC3. The molecule has 132 valence electrons. The van der Waals surface area contributed by atoms with Crippen molar-refractivity contribution in [2.45, 2.75) is 31.8 Å². The minimum Gasteiger partial charge on any atom is -0.352 e. The van der Waals surface area contributed by atoms with Gasteiger partial charge in [0.25, 0.3) is 5.91 Å². The van der Waals surface area contributed by atoms with Crippen LogP contribution in [0.1, 0.15) is 45.4 Å². The molecule has 1 atom stereocenters. The highest BCUT2D eigenvalue weighted by molar-refractivity contribution is 7.16. The number of aromatic amines is 1. The van der Waals surface area contributed by atoms with Gasteiger partial charge in [0, 0.05) is 21.0 Å². The number of thiophene rings is 1. The highest BCUT2D eigenvalue weighted by Crippen LogP contribution is 2.42. The molecule has 1 aliphatic heterocycles. The van der Waals surface area contributed by atoms with Crippen LogP contribution in [0.25, 0.3) is 11.3 Å². The number of H-pyrrole nitrogens is 1. The van der Waals surface area contributed by atoms with E-state index in [1.165, 1.54) is 16.9 Å². The van der Waals surface area contributed by atoms with Crippen molar-refractivity contribution in [2.75, 3.05) is 5.32 Å². The largest absolute Gasteiger partial charge is 0.352 e. The number of fused-ring (bicyclic) bond motifs is 3. The van der Waals surface area contributed by atoms with E-state index in [4.69, 9.17) is 11.6 Å². The molecule has 3 heterocycles. The molecule has 7 heteroatoms. The number of anilines is 1. The molecular formula is C19H17ClN4OS. The van der Waals surface area contributed by atoms with Gasteiger partial charge in [0.05, 0.1) is 17.5 Å². The first-order chi connectivity index (χ1) is 12.7. The van der Waals surface area contributed by atoms with E-state index in [1.54, 1.807) is 17.5 Å². The van der Waals surface area contributed by atoms with Crippen molar-refractivity contribution in [2.24, 2.45) is 0 Å². The fourth-order valence-electron chi connectivity index (χ4n) is 3.80. The highest BCUT2D eigenvalue weighted by Gasteiger charge is 2.33. The highest BCUT2D eigenvalue weighted by atomic mass is 35.5. The van der Waals surface area contributed by atoms with Gasteiger partial charge >= 0.3 is 0 Å². The molecular weight excluding hydrogens is 368 g/mol. The molecule has 1 aromatic carbocycles. The number of amides is 1. The van der Waals surface area contributed by atoms with Gasteiger partial charge in [0.2, 0.25) is 0 Å². The lowest BCUT2D eigenvalue weighted by atomic mass is 9.94. The van der Waals surface area contributed by atoms with E-state index in [1.807, 2.05) is 24.3 Å². The lowest BCUT2D eigenvalue weighted by molar-refractivity contribution is 0.0935. The molecule has 5 rings (SSSR count). The second kappa shape index (κ2) is 6.14. The normalized spacial score (nSPS) is 18.7. The van der Waals surface area contributed by atoms with Crippen molar-refractivity contribution in [1.29, 1.82) is 0 Å². The van der Waals surface area contributed by atoms with Crippen LogP contribution in [0.5, 0.6) is 0 Å². The summed E-state index contributed by atoms with van der Waals surface area (Å²) in [6.45, 7) is 0. The standard InChI is InChI=1S/C19H17ClN4OS/c20-11-7-5-10(6-8-11)16-13(9-21-24-16)17-22-18(25)15-12-3-1-2-4-14(12)26-19(15)23-17/h5-9,17,23H,1-4H2,(H,21,24)(H,22,25)/t17-/m1/s1. The van der Waals surface area contributed by atoms with Crippen LogP contribution in [0.2, 0.25) is 5.02 Å². The zero-order valence-electron chi connectivity index (χ0n) is 13.9. The topological polar surface area (TPSA) is 69.8 Å². The van der Waals surface area contributed by atoms with Crippen LogP contribution in [0.3, 0.4) is 0 Å². The third-order valence-corrected chi connectivity index (χ3v) is 6.54. The number of aromatic nitrogens is 2. The van der Waals surface area contributed by atoms with E-state index in [9.17, 15) is 4.79 Å². The number of carbonyl (C=O) groups is 1. The van der Waals surface area contributed by atoms with E-state index >= 15 is 0 Å². The number of carbonyl (C=O) groups excluding carboxylic acids is 1. The van der Waals surface area contributed by atoms with Crippen molar-refractivity contribution >= 4 is 33.8 Å². The van der Waals surface area contributed by atoms with E-state index in [0.717, 1.165) is 46.6 Å². The molecule has 0 radical (unpaired) electrons. The van der Waals surface area contributed by atoms with Gasteiger partial charge in [-0.15, -0.1) is 11.3 Å². The molecule has 2 aromatic heterocycles. The second-order valence-corrected chi connectivity index (χ2v) is 8.21. The Bertz CT molecular complexity index is 992. The lowest BCUT2D eigenvalue weighted by Gasteiger charge is -2.26. The molecule has 0 spiro atoms. The maximum Gasteiger partial charge on any atom is 0.256 e. The number of rotatable bonds is 2. The summed E-state index contributed by atoms with van der Waals surface area (Å²) in [7, 11) is 0. The van der Waals surface area contributed by atoms with Gasteiger partial charge in [-0.05, 0) is 43.4 Å². The maximum atomic E-state index is 12.8. The first-order valence-electron chi connectivity index (χ1n) is 8.72. The van der Waals surface area contributed by atoms with E-state index in [-0.39, 0.29) is 12.1 Å². The number of hydrogen-bond acceptors (Lipinski definition) is 4. The summed E-state index contributed by atoms with van der Waals surface area (Å²) in [5.41, 5.74) is 4.86. The molecule has 0 saturated heterocycles. The van der Waals surface area contributed by atoms with Crippen LogP contribution in [-0.4, -0.2) is 16.1 Å². The Balaban J connectivity index is 1.52. The summed E-state index contributed by atoms with van der Waals surface area (Å²) in [5.74, 6) is 0.00593. The summed E-state index contributed by atoms with van der Waals surface area (Å²) in [5, 5.41) is 15.5. The number of hydrogen-bond donors (Lipinski definition) is 3. The van der Waals surface area contributed by atoms with E-state index in [2.05, 4.69) is 20.8 Å². The van der Waals surface area contributed by atoms with Crippen molar-refractivity contribution in [3.05, 3.63) is 57.1 Å². The number of nitrogens with zero attached hydrogens (tertiary/aromatic N) is 1. The van der Waals surface area contributed by atoms with Crippen molar-refractivity contribution in [3.8, 4) is 11.3 Å². The van der Waals surface area contributed by atoms with Gasteiger partial charge in [-0.2, -0.15) is 5.10 Å². The molecule has 0 fully saturated rings. The fourth-order valence-corrected chi connectivity index (χ4v) is 5.24. The predicted octanol–water partition coefficient (Wildman–Crippen LogP) is 4.52. The molecule has 0 unspecified atom stereocenters. The Hall–Kier alpha value is -2.31.